The summed E-state index contributed by atoms with van der Waals surface area (Å²) in [5, 5.41) is 31.3. The number of carbonyl (C=O) groups is 1. The van der Waals surface area contributed by atoms with Crippen LogP contribution >= 0.6 is 0 Å². The third kappa shape index (κ3) is 3.99. The largest absolute Gasteiger partial charge is 0.504 e. The molecule has 2 aromatic carbocycles. The molecule has 2 rings (SSSR count). The molecule has 0 aliphatic carbocycles. The van der Waals surface area contributed by atoms with Crippen molar-refractivity contribution >= 4 is 12.2 Å². The van der Waals surface area contributed by atoms with Crippen LogP contribution < -0.4 is 0 Å². The summed E-state index contributed by atoms with van der Waals surface area (Å²) in [7, 11) is 0. The molecule has 0 saturated carbocycles. The Morgan fingerprint density at radius 2 is 1.73 bits per heavy atom. The van der Waals surface area contributed by atoms with Crippen molar-refractivity contribution in [1.82, 2.24) is 0 Å². The molecule has 0 aliphatic rings. The lowest BCUT2D eigenvalue weighted by Crippen LogP contribution is -2.01. The van der Waals surface area contributed by atoms with Gasteiger partial charge >= 0.3 is 5.97 Å². The van der Waals surface area contributed by atoms with Gasteiger partial charge in [-0.1, -0.05) is 35.5 Å². The molecule has 6 heteroatoms. The van der Waals surface area contributed by atoms with E-state index in [1.807, 2.05) is 30.3 Å². The summed E-state index contributed by atoms with van der Waals surface area (Å²) >= 11 is 0. The predicted octanol–water partition coefficient (Wildman–Crippen LogP) is 2.58. The van der Waals surface area contributed by atoms with E-state index in [9.17, 15) is 20.1 Å². The first-order chi connectivity index (χ1) is 10.6. The first-order valence-corrected chi connectivity index (χ1v) is 6.60. The van der Waals surface area contributed by atoms with Gasteiger partial charge in [-0.25, -0.2) is 4.79 Å². The van der Waals surface area contributed by atoms with Gasteiger partial charge in [0.2, 0.25) is 0 Å². The summed E-state index contributed by atoms with van der Waals surface area (Å²) in [6.45, 7) is 0. The molecule has 114 valence electrons. The van der Waals surface area contributed by atoms with Crippen molar-refractivity contribution in [2.45, 2.75) is 12.8 Å². The van der Waals surface area contributed by atoms with E-state index < -0.39 is 23.2 Å². The molecule has 0 fully saturated rings. The summed E-state index contributed by atoms with van der Waals surface area (Å²) < 4.78 is 0. The number of hydrogen-bond acceptors (Lipinski definition) is 6. The Kier molecular flexibility index (Phi) is 4.98. The summed E-state index contributed by atoms with van der Waals surface area (Å²) in [6.07, 6.45) is 2.83. The molecule has 0 radical (unpaired) electrons. The Hall–Kier alpha value is -3.02. The first-order valence-electron chi connectivity index (χ1n) is 6.60. The minimum absolute atomic E-state index is 0.118. The van der Waals surface area contributed by atoms with Gasteiger partial charge in [-0.05, 0) is 30.5 Å². The fourth-order valence-corrected chi connectivity index (χ4v) is 1.79. The van der Waals surface area contributed by atoms with Crippen LogP contribution in [0.25, 0.3) is 0 Å². The normalized spacial score (nSPS) is 10.7. The number of oxime groups is 1. The first kappa shape index (κ1) is 15.4. The van der Waals surface area contributed by atoms with Crippen molar-refractivity contribution in [3.63, 3.8) is 0 Å². The Bertz CT molecular complexity index is 659. The number of benzene rings is 2. The van der Waals surface area contributed by atoms with E-state index in [2.05, 4.69) is 9.99 Å². The lowest BCUT2D eigenvalue weighted by atomic mass is 10.1. The molecule has 0 spiro atoms. The number of aromatic hydroxyl groups is 3. The molecule has 0 saturated heterocycles. The number of nitrogens with zero attached hydrogens (tertiary/aromatic N) is 1. The topological polar surface area (TPSA) is 99.4 Å². The van der Waals surface area contributed by atoms with E-state index >= 15 is 0 Å². The van der Waals surface area contributed by atoms with Crippen molar-refractivity contribution in [2.24, 2.45) is 5.16 Å². The average Bonchev–Trinajstić information content (AvgIpc) is 2.52. The molecular weight excluding hydrogens is 286 g/mol. The lowest BCUT2D eigenvalue weighted by Gasteiger charge is -2.03. The molecule has 0 amide bonds. The Morgan fingerprint density at radius 1 is 1.09 bits per heavy atom. The van der Waals surface area contributed by atoms with Gasteiger partial charge in [0.25, 0.3) is 0 Å². The third-order valence-electron chi connectivity index (χ3n) is 2.92. The number of hydrogen-bond donors (Lipinski definition) is 3. The lowest BCUT2D eigenvalue weighted by molar-refractivity contribution is 0.0517. The van der Waals surface area contributed by atoms with Crippen molar-refractivity contribution in [2.75, 3.05) is 0 Å². The van der Waals surface area contributed by atoms with Gasteiger partial charge < -0.3 is 20.2 Å². The highest BCUT2D eigenvalue weighted by Gasteiger charge is 2.14. The fraction of sp³-hybridized carbons (Fsp3) is 0.125. The molecule has 0 heterocycles. The smallest absolute Gasteiger partial charge is 0.365 e. The number of rotatable bonds is 5. The molecule has 0 aromatic heterocycles. The van der Waals surface area contributed by atoms with Crippen LogP contribution in [-0.2, 0) is 11.3 Å². The highest BCUT2D eigenvalue weighted by Crippen LogP contribution is 2.35. The second-order valence-corrected chi connectivity index (χ2v) is 4.55. The molecule has 3 N–H and O–H groups in total. The SMILES string of the molecule is O=C(ON=CCCc1ccccc1)c1cc(O)c(O)c(O)c1. The van der Waals surface area contributed by atoms with E-state index in [1.54, 1.807) is 0 Å². The summed E-state index contributed by atoms with van der Waals surface area (Å²) in [6, 6.07) is 11.8. The van der Waals surface area contributed by atoms with Crippen LogP contribution in [0.4, 0.5) is 0 Å². The van der Waals surface area contributed by atoms with Crippen LogP contribution in [0.1, 0.15) is 22.3 Å². The molecule has 0 unspecified atom stereocenters. The molecule has 0 bridgehead atoms. The maximum absolute atomic E-state index is 11.7. The van der Waals surface area contributed by atoms with Gasteiger partial charge in [0.15, 0.2) is 17.2 Å². The van der Waals surface area contributed by atoms with Crippen molar-refractivity contribution in [3.05, 3.63) is 53.6 Å². The van der Waals surface area contributed by atoms with E-state index in [-0.39, 0.29) is 5.56 Å². The van der Waals surface area contributed by atoms with Gasteiger partial charge in [-0.2, -0.15) is 0 Å². The molecule has 0 atom stereocenters. The Morgan fingerprint density at radius 3 is 2.36 bits per heavy atom. The number of carbonyl (C=O) groups excluding carboxylic acids is 1. The van der Waals surface area contributed by atoms with E-state index in [1.165, 1.54) is 6.21 Å². The fourth-order valence-electron chi connectivity index (χ4n) is 1.79. The highest BCUT2D eigenvalue weighted by molar-refractivity contribution is 5.91. The van der Waals surface area contributed by atoms with Crippen LogP contribution in [0.3, 0.4) is 0 Å². The molecule has 2 aromatic rings. The second kappa shape index (κ2) is 7.12. The monoisotopic (exact) mass is 301 g/mol. The van der Waals surface area contributed by atoms with Crippen molar-refractivity contribution in [3.8, 4) is 17.2 Å². The minimum Gasteiger partial charge on any atom is -0.504 e. The Labute approximate surface area is 126 Å². The second-order valence-electron chi connectivity index (χ2n) is 4.55. The predicted molar refractivity (Wildman–Crippen MR) is 80.1 cm³/mol. The van der Waals surface area contributed by atoms with E-state index in [4.69, 9.17) is 0 Å². The van der Waals surface area contributed by atoms with Gasteiger partial charge in [-0.15, -0.1) is 0 Å². The maximum atomic E-state index is 11.7. The number of phenolic OH excluding ortho intramolecular Hbond substituents is 3. The summed E-state index contributed by atoms with van der Waals surface area (Å²) in [5.74, 6) is -2.76. The van der Waals surface area contributed by atoms with Gasteiger partial charge in [0, 0.05) is 6.21 Å². The van der Waals surface area contributed by atoms with Crippen LogP contribution in [0.5, 0.6) is 17.2 Å². The molecular formula is C16H15NO5. The van der Waals surface area contributed by atoms with Crippen LogP contribution in [0.2, 0.25) is 0 Å². The number of aryl methyl sites for hydroxylation is 1. The van der Waals surface area contributed by atoms with E-state index in [0.29, 0.717) is 6.42 Å². The zero-order valence-corrected chi connectivity index (χ0v) is 11.6. The zero-order valence-electron chi connectivity index (χ0n) is 11.6. The molecule has 6 nitrogen and oxygen atoms in total. The molecule has 22 heavy (non-hydrogen) atoms. The minimum atomic E-state index is -0.846. The Balaban J connectivity index is 1.86. The maximum Gasteiger partial charge on any atom is 0.365 e. The third-order valence-corrected chi connectivity index (χ3v) is 2.92. The molecule has 0 aliphatic heterocycles. The van der Waals surface area contributed by atoms with Crippen molar-refractivity contribution in [1.29, 1.82) is 0 Å². The van der Waals surface area contributed by atoms with Crippen molar-refractivity contribution < 1.29 is 25.0 Å². The van der Waals surface area contributed by atoms with Gasteiger partial charge in [-0.3, -0.25) is 0 Å². The van der Waals surface area contributed by atoms with Crippen LogP contribution in [-0.4, -0.2) is 27.5 Å². The highest BCUT2D eigenvalue weighted by atomic mass is 16.7. The summed E-state index contributed by atoms with van der Waals surface area (Å²) in [4.78, 5) is 16.3. The van der Waals surface area contributed by atoms with Gasteiger partial charge in [0.1, 0.15) is 0 Å². The standard InChI is InChI=1S/C16H15NO5/c18-13-9-12(10-14(19)15(13)20)16(21)22-17-8-4-7-11-5-2-1-3-6-11/h1-3,5-6,8-10,18-20H,4,7H2. The zero-order chi connectivity index (χ0) is 15.9. The van der Waals surface area contributed by atoms with Gasteiger partial charge in [0.05, 0.1) is 5.56 Å². The van der Waals surface area contributed by atoms with Crippen LogP contribution in [0.15, 0.2) is 47.6 Å². The average molecular weight is 301 g/mol. The van der Waals surface area contributed by atoms with Crippen LogP contribution in [0, 0.1) is 0 Å². The van der Waals surface area contributed by atoms with E-state index in [0.717, 1.165) is 24.1 Å². The quantitative estimate of drug-likeness (QED) is 0.341. The number of phenols is 3. The summed E-state index contributed by atoms with van der Waals surface area (Å²) in [5.41, 5.74) is 1.03.